The Hall–Kier alpha value is -3.42. The first-order chi connectivity index (χ1) is 13.7. The average molecular weight is 379 g/mol. The van der Waals surface area contributed by atoms with Crippen LogP contribution >= 0.6 is 0 Å². The summed E-state index contributed by atoms with van der Waals surface area (Å²) in [4.78, 5) is 21.1. The third-order valence-electron chi connectivity index (χ3n) is 4.92. The van der Waals surface area contributed by atoms with Crippen LogP contribution in [-0.4, -0.2) is 59.4 Å². The second kappa shape index (κ2) is 7.67. The molecule has 8 heteroatoms. The van der Waals surface area contributed by atoms with E-state index in [0.29, 0.717) is 37.5 Å². The van der Waals surface area contributed by atoms with Crippen molar-refractivity contribution in [3.63, 3.8) is 0 Å². The molecule has 3 aromatic rings. The quantitative estimate of drug-likeness (QED) is 0.688. The number of aryl methyl sites for hydroxylation is 1. The van der Waals surface area contributed by atoms with Gasteiger partial charge in [0.1, 0.15) is 11.4 Å². The molecule has 28 heavy (non-hydrogen) atoms. The number of amides is 1. The Morgan fingerprint density at radius 3 is 2.68 bits per heavy atom. The molecule has 0 radical (unpaired) electrons. The van der Waals surface area contributed by atoms with Gasteiger partial charge >= 0.3 is 0 Å². The van der Waals surface area contributed by atoms with Crippen LogP contribution < -0.4 is 9.64 Å². The Morgan fingerprint density at radius 1 is 1.14 bits per heavy atom. The van der Waals surface area contributed by atoms with Crippen molar-refractivity contribution in [1.29, 1.82) is 0 Å². The van der Waals surface area contributed by atoms with E-state index in [2.05, 4.69) is 20.2 Å². The molecule has 1 fully saturated rings. The highest BCUT2D eigenvalue weighted by molar-refractivity contribution is 5.95. The zero-order chi connectivity index (χ0) is 19.5. The van der Waals surface area contributed by atoms with Crippen LogP contribution in [0.4, 0.5) is 5.82 Å². The van der Waals surface area contributed by atoms with Crippen LogP contribution in [0, 0.1) is 6.92 Å². The summed E-state index contributed by atoms with van der Waals surface area (Å²) in [7, 11) is 1.61. The minimum Gasteiger partial charge on any atom is -0.494 e. The SMILES string of the molecule is COc1cnccc1-c1cccc(C(=O)N2CCN(c3nonc3C)CC2)c1. The number of hydrogen-bond acceptors (Lipinski definition) is 7. The summed E-state index contributed by atoms with van der Waals surface area (Å²) in [6.45, 7) is 4.49. The number of rotatable bonds is 4. The summed E-state index contributed by atoms with van der Waals surface area (Å²) in [5.41, 5.74) is 3.25. The fourth-order valence-electron chi connectivity index (χ4n) is 3.42. The van der Waals surface area contributed by atoms with Crippen LogP contribution in [0.15, 0.2) is 47.4 Å². The molecule has 0 spiro atoms. The van der Waals surface area contributed by atoms with E-state index >= 15 is 0 Å². The highest BCUT2D eigenvalue weighted by atomic mass is 16.6. The van der Waals surface area contributed by atoms with Crippen LogP contribution in [0.1, 0.15) is 16.1 Å². The predicted octanol–water partition coefficient (Wildman–Crippen LogP) is 2.41. The molecule has 4 rings (SSSR count). The molecule has 1 amide bonds. The maximum atomic E-state index is 13.0. The maximum Gasteiger partial charge on any atom is 0.253 e. The van der Waals surface area contributed by atoms with Gasteiger partial charge in [0.05, 0.1) is 13.3 Å². The third kappa shape index (κ3) is 3.40. The first-order valence-corrected chi connectivity index (χ1v) is 9.09. The number of nitrogens with zero attached hydrogens (tertiary/aromatic N) is 5. The number of carbonyl (C=O) groups is 1. The van der Waals surface area contributed by atoms with Crippen molar-refractivity contribution in [2.75, 3.05) is 38.2 Å². The fraction of sp³-hybridized carbons (Fsp3) is 0.300. The van der Waals surface area contributed by atoms with E-state index in [1.807, 2.05) is 42.2 Å². The number of anilines is 1. The van der Waals surface area contributed by atoms with Gasteiger partial charge in [-0.25, -0.2) is 4.63 Å². The molecule has 1 aliphatic rings. The lowest BCUT2D eigenvalue weighted by atomic mass is 10.0. The van der Waals surface area contributed by atoms with Crippen molar-refractivity contribution in [3.8, 4) is 16.9 Å². The van der Waals surface area contributed by atoms with Crippen molar-refractivity contribution < 1.29 is 14.2 Å². The minimum atomic E-state index is 0.0181. The molecule has 144 valence electrons. The number of ether oxygens (including phenoxy) is 1. The van der Waals surface area contributed by atoms with Gasteiger partial charge in [-0.2, -0.15) is 0 Å². The van der Waals surface area contributed by atoms with E-state index in [1.165, 1.54) is 0 Å². The molecule has 8 nitrogen and oxygen atoms in total. The molecule has 0 N–H and O–H groups in total. The molecule has 1 aromatic carbocycles. The molecule has 0 saturated carbocycles. The highest BCUT2D eigenvalue weighted by Gasteiger charge is 2.25. The first kappa shape index (κ1) is 18.0. The average Bonchev–Trinajstić information content (AvgIpc) is 3.19. The molecule has 0 atom stereocenters. The lowest BCUT2D eigenvalue weighted by molar-refractivity contribution is 0.0746. The molecule has 0 unspecified atom stereocenters. The molecular formula is C20H21N5O3. The topological polar surface area (TPSA) is 84.6 Å². The normalized spacial score (nSPS) is 14.2. The molecule has 1 saturated heterocycles. The van der Waals surface area contributed by atoms with E-state index in [4.69, 9.17) is 9.37 Å². The number of piperazine rings is 1. The standard InChI is InChI=1S/C20H21N5O3/c1-14-19(23-28-22-14)24-8-10-25(11-9-24)20(26)16-5-3-4-15(12-16)17-6-7-21-13-18(17)27-2/h3-7,12-13H,8-11H2,1-2H3. The van der Waals surface area contributed by atoms with Gasteiger partial charge in [-0.15, -0.1) is 0 Å². The molecule has 3 heterocycles. The number of pyridine rings is 1. The van der Waals surface area contributed by atoms with E-state index < -0.39 is 0 Å². The summed E-state index contributed by atoms with van der Waals surface area (Å²) in [6.07, 6.45) is 3.39. The van der Waals surface area contributed by atoms with E-state index in [9.17, 15) is 4.79 Å². The molecule has 0 aliphatic carbocycles. The lowest BCUT2D eigenvalue weighted by Gasteiger charge is -2.34. The van der Waals surface area contributed by atoms with Crippen LogP contribution in [-0.2, 0) is 0 Å². The number of aromatic nitrogens is 3. The first-order valence-electron chi connectivity index (χ1n) is 9.09. The Labute approximate surface area is 162 Å². The Kier molecular flexibility index (Phi) is 4.92. The zero-order valence-corrected chi connectivity index (χ0v) is 15.8. The van der Waals surface area contributed by atoms with Gasteiger partial charge in [-0.1, -0.05) is 17.3 Å². The summed E-state index contributed by atoms with van der Waals surface area (Å²) >= 11 is 0. The van der Waals surface area contributed by atoms with E-state index in [1.54, 1.807) is 19.5 Å². The van der Waals surface area contributed by atoms with Gasteiger partial charge < -0.3 is 14.5 Å². The number of methoxy groups -OCH3 is 1. The Morgan fingerprint density at radius 2 is 1.96 bits per heavy atom. The highest BCUT2D eigenvalue weighted by Crippen LogP contribution is 2.29. The summed E-state index contributed by atoms with van der Waals surface area (Å²) in [5, 5.41) is 7.77. The van der Waals surface area contributed by atoms with Crippen LogP contribution in [0.2, 0.25) is 0 Å². The van der Waals surface area contributed by atoms with Gasteiger partial charge in [0.25, 0.3) is 5.91 Å². The summed E-state index contributed by atoms with van der Waals surface area (Å²) in [5.74, 6) is 1.45. The van der Waals surface area contributed by atoms with Gasteiger partial charge in [-0.05, 0) is 35.8 Å². The van der Waals surface area contributed by atoms with Crippen molar-refractivity contribution in [2.45, 2.75) is 6.92 Å². The van der Waals surface area contributed by atoms with E-state index in [-0.39, 0.29) is 5.91 Å². The Balaban J connectivity index is 1.49. The maximum absolute atomic E-state index is 13.0. The largest absolute Gasteiger partial charge is 0.494 e. The van der Waals surface area contributed by atoms with Crippen molar-refractivity contribution in [2.24, 2.45) is 0 Å². The van der Waals surface area contributed by atoms with Gasteiger partial charge in [0, 0.05) is 43.5 Å². The van der Waals surface area contributed by atoms with Crippen LogP contribution in [0.25, 0.3) is 11.1 Å². The Bertz CT molecular complexity index is 979. The minimum absolute atomic E-state index is 0.0181. The van der Waals surface area contributed by atoms with Crippen molar-refractivity contribution in [3.05, 3.63) is 54.0 Å². The molecule has 1 aliphatic heterocycles. The van der Waals surface area contributed by atoms with Gasteiger partial charge in [0.2, 0.25) is 0 Å². The van der Waals surface area contributed by atoms with Gasteiger partial charge in [0.15, 0.2) is 5.82 Å². The smallest absolute Gasteiger partial charge is 0.253 e. The third-order valence-corrected chi connectivity index (χ3v) is 4.92. The number of carbonyl (C=O) groups excluding carboxylic acids is 1. The van der Waals surface area contributed by atoms with E-state index in [0.717, 1.165) is 22.6 Å². The monoisotopic (exact) mass is 379 g/mol. The summed E-state index contributed by atoms with van der Waals surface area (Å²) in [6, 6.07) is 9.49. The van der Waals surface area contributed by atoms with Crippen LogP contribution in [0.3, 0.4) is 0 Å². The lowest BCUT2D eigenvalue weighted by Crippen LogP contribution is -2.49. The molecule has 0 bridgehead atoms. The van der Waals surface area contributed by atoms with Crippen LogP contribution in [0.5, 0.6) is 5.75 Å². The molecular weight excluding hydrogens is 358 g/mol. The second-order valence-corrected chi connectivity index (χ2v) is 6.61. The molecule has 2 aromatic heterocycles. The van der Waals surface area contributed by atoms with Gasteiger partial charge in [-0.3, -0.25) is 9.78 Å². The number of hydrogen-bond donors (Lipinski definition) is 0. The number of benzene rings is 1. The fourth-order valence-corrected chi connectivity index (χ4v) is 3.42. The summed E-state index contributed by atoms with van der Waals surface area (Å²) < 4.78 is 10.2. The zero-order valence-electron chi connectivity index (χ0n) is 15.8. The van der Waals surface area contributed by atoms with Crippen molar-refractivity contribution >= 4 is 11.7 Å². The second-order valence-electron chi connectivity index (χ2n) is 6.61. The predicted molar refractivity (Wildman–Crippen MR) is 103 cm³/mol. The van der Waals surface area contributed by atoms with Crippen molar-refractivity contribution in [1.82, 2.24) is 20.2 Å².